The maximum atomic E-state index is 12.7. The van der Waals surface area contributed by atoms with Crippen LogP contribution < -0.4 is 5.56 Å². The molecule has 0 N–H and O–H groups in total. The molecule has 9 heteroatoms. The van der Waals surface area contributed by atoms with E-state index in [1.54, 1.807) is 13.2 Å². The highest BCUT2D eigenvalue weighted by Gasteiger charge is 2.33. The number of likely N-dealkylation sites (tertiary alicyclic amines) is 1. The second-order valence-corrected chi connectivity index (χ2v) is 6.31. The van der Waals surface area contributed by atoms with Gasteiger partial charge in [0.15, 0.2) is 11.6 Å². The van der Waals surface area contributed by atoms with Gasteiger partial charge in [-0.25, -0.2) is 9.67 Å². The van der Waals surface area contributed by atoms with Crippen molar-refractivity contribution in [2.75, 3.05) is 13.1 Å². The Labute approximate surface area is 142 Å². The molecule has 0 amide bonds. The van der Waals surface area contributed by atoms with E-state index < -0.39 is 17.4 Å². The Morgan fingerprint density at radius 3 is 2.60 bits per heavy atom. The molecule has 136 valence electrons. The topological polar surface area (TPSA) is 64.2 Å². The number of aryl methyl sites for hydroxylation is 1. The average molecular weight is 356 g/mol. The molecule has 25 heavy (non-hydrogen) atoms. The minimum atomic E-state index is -4.55. The molecule has 0 aromatic carbocycles. The van der Waals surface area contributed by atoms with Gasteiger partial charge in [0.2, 0.25) is 0 Å². The van der Waals surface area contributed by atoms with Gasteiger partial charge >= 0.3 is 6.18 Å². The van der Waals surface area contributed by atoms with Gasteiger partial charge in [-0.1, -0.05) is 0 Å². The van der Waals surface area contributed by atoms with E-state index in [1.807, 2.05) is 0 Å². The first kappa shape index (κ1) is 17.7. The summed E-state index contributed by atoms with van der Waals surface area (Å²) in [5, 5.41) is 3.47. The minimum Gasteiger partial charge on any atom is -0.449 e. The molecule has 0 spiro atoms. The van der Waals surface area contributed by atoms with E-state index in [1.165, 1.54) is 0 Å². The van der Waals surface area contributed by atoms with Crippen LogP contribution in [0.4, 0.5) is 13.2 Å². The van der Waals surface area contributed by atoms with Crippen LogP contribution in [0.1, 0.15) is 30.1 Å². The third kappa shape index (κ3) is 4.47. The summed E-state index contributed by atoms with van der Waals surface area (Å²) in [4.78, 5) is 18.3. The lowest BCUT2D eigenvalue weighted by Crippen LogP contribution is -2.36. The molecule has 1 saturated heterocycles. The highest BCUT2D eigenvalue weighted by Crippen LogP contribution is 2.26. The lowest BCUT2D eigenvalue weighted by atomic mass is 9.97. The number of aromatic nitrogens is 3. The summed E-state index contributed by atoms with van der Waals surface area (Å²) in [5.41, 5.74) is -0.675. The molecule has 1 fully saturated rings. The normalized spacial score (nSPS) is 17.1. The summed E-state index contributed by atoms with van der Waals surface area (Å²) in [7, 11) is 0. The van der Waals surface area contributed by atoms with Gasteiger partial charge in [-0.05, 0) is 37.9 Å². The standard InChI is InChI=1S/C16H19F3N4O2/c1-11-20-13(10-25-11)9-22-6-4-12(5-7-22)8-23-15(24)3-2-14(21-23)16(17,18)19/h2-3,10,12H,4-9H2,1H3. The van der Waals surface area contributed by atoms with Crippen molar-refractivity contribution in [2.45, 2.75) is 39.0 Å². The van der Waals surface area contributed by atoms with E-state index >= 15 is 0 Å². The van der Waals surface area contributed by atoms with Crippen molar-refractivity contribution >= 4 is 0 Å². The Morgan fingerprint density at radius 1 is 1.28 bits per heavy atom. The zero-order chi connectivity index (χ0) is 18.0. The second-order valence-electron chi connectivity index (χ2n) is 6.31. The van der Waals surface area contributed by atoms with Crippen molar-refractivity contribution in [3.63, 3.8) is 0 Å². The number of alkyl halides is 3. The van der Waals surface area contributed by atoms with Gasteiger partial charge in [-0.15, -0.1) is 0 Å². The number of piperidine rings is 1. The highest BCUT2D eigenvalue weighted by molar-refractivity contribution is 5.04. The molecule has 6 nitrogen and oxygen atoms in total. The first-order chi connectivity index (χ1) is 11.8. The lowest BCUT2D eigenvalue weighted by Gasteiger charge is -2.31. The number of nitrogens with zero attached hydrogens (tertiary/aromatic N) is 4. The fourth-order valence-corrected chi connectivity index (χ4v) is 3.01. The Bertz CT molecular complexity index is 776. The maximum Gasteiger partial charge on any atom is 0.435 e. The SMILES string of the molecule is Cc1nc(CN2CCC(Cn3nc(C(F)(F)F)ccc3=O)CC2)co1. The van der Waals surface area contributed by atoms with E-state index in [0.29, 0.717) is 12.4 Å². The van der Waals surface area contributed by atoms with Crippen molar-refractivity contribution in [3.05, 3.63) is 46.0 Å². The van der Waals surface area contributed by atoms with E-state index in [4.69, 9.17) is 4.42 Å². The molecule has 0 aliphatic carbocycles. The molecule has 3 rings (SSSR count). The van der Waals surface area contributed by atoms with Crippen LogP contribution in [0.5, 0.6) is 0 Å². The van der Waals surface area contributed by atoms with Crippen LogP contribution in [-0.2, 0) is 19.3 Å². The fraction of sp³-hybridized carbons (Fsp3) is 0.562. The maximum absolute atomic E-state index is 12.7. The van der Waals surface area contributed by atoms with Crippen LogP contribution in [0.25, 0.3) is 0 Å². The number of rotatable bonds is 4. The summed E-state index contributed by atoms with van der Waals surface area (Å²) >= 11 is 0. The van der Waals surface area contributed by atoms with Crippen LogP contribution >= 0.6 is 0 Å². The van der Waals surface area contributed by atoms with Crippen molar-refractivity contribution in [1.82, 2.24) is 19.7 Å². The molecule has 2 aromatic rings. The van der Waals surface area contributed by atoms with Crippen LogP contribution in [0.15, 0.2) is 27.6 Å². The fourth-order valence-electron chi connectivity index (χ4n) is 3.01. The Hall–Kier alpha value is -2.16. The average Bonchev–Trinajstić information content (AvgIpc) is 2.95. The first-order valence-electron chi connectivity index (χ1n) is 8.10. The smallest absolute Gasteiger partial charge is 0.435 e. The molecule has 0 saturated carbocycles. The first-order valence-corrected chi connectivity index (χ1v) is 8.10. The van der Waals surface area contributed by atoms with E-state index in [9.17, 15) is 18.0 Å². The highest BCUT2D eigenvalue weighted by atomic mass is 19.4. The zero-order valence-corrected chi connectivity index (χ0v) is 13.8. The molecule has 0 atom stereocenters. The van der Waals surface area contributed by atoms with Crippen molar-refractivity contribution in [1.29, 1.82) is 0 Å². The Morgan fingerprint density at radius 2 is 2.00 bits per heavy atom. The number of hydrogen-bond acceptors (Lipinski definition) is 5. The molecular weight excluding hydrogens is 337 g/mol. The van der Waals surface area contributed by atoms with Gasteiger partial charge in [-0.3, -0.25) is 9.69 Å². The van der Waals surface area contributed by atoms with Crippen molar-refractivity contribution < 1.29 is 17.6 Å². The Kier molecular flexibility index (Phi) is 4.94. The van der Waals surface area contributed by atoms with Gasteiger partial charge in [0, 0.05) is 26.1 Å². The molecule has 2 aromatic heterocycles. The molecule has 0 unspecified atom stereocenters. The van der Waals surface area contributed by atoms with Gasteiger partial charge in [0.1, 0.15) is 6.26 Å². The molecule has 0 radical (unpaired) electrons. The van der Waals surface area contributed by atoms with Crippen LogP contribution in [0, 0.1) is 12.8 Å². The summed E-state index contributed by atoms with van der Waals surface area (Å²) in [6.07, 6.45) is -1.33. The summed E-state index contributed by atoms with van der Waals surface area (Å²) in [6.45, 7) is 4.27. The van der Waals surface area contributed by atoms with E-state index in [0.717, 1.165) is 48.4 Å². The zero-order valence-electron chi connectivity index (χ0n) is 13.8. The van der Waals surface area contributed by atoms with Crippen molar-refractivity contribution in [2.24, 2.45) is 5.92 Å². The quantitative estimate of drug-likeness (QED) is 0.842. The van der Waals surface area contributed by atoms with Gasteiger partial charge in [-0.2, -0.15) is 18.3 Å². The molecule has 1 aliphatic heterocycles. The van der Waals surface area contributed by atoms with Gasteiger partial charge in [0.25, 0.3) is 5.56 Å². The molecular formula is C16H19F3N4O2. The third-order valence-corrected chi connectivity index (χ3v) is 4.35. The largest absolute Gasteiger partial charge is 0.449 e. The van der Waals surface area contributed by atoms with Gasteiger partial charge in [0.05, 0.1) is 5.69 Å². The predicted molar refractivity (Wildman–Crippen MR) is 82.7 cm³/mol. The Balaban J connectivity index is 1.58. The van der Waals surface area contributed by atoms with Crippen molar-refractivity contribution in [3.8, 4) is 0 Å². The number of oxazole rings is 1. The van der Waals surface area contributed by atoms with Crippen LogP contribution in [0.2, 0.25) is 0 Å². The minimum absolute atomic E-state index is 0.129. The summed E-state index contributed by atoms with van der Waals surface area (Å²) in [6, 6.07) is 1.65. The van der Waals surface area contributed by atoms with E-state index in [-0.39, 0.29) is 12.5 Å². The number of hydrogen-bond donors (Lipinski definition) is 0. The number of halogens is 3. The summed E-state index contributed by atoms with van der Waals surface area (Å²) in [5.74, 6) is 0.754. The van der Waals surface area contributed by atoms with Crippen LogP contribution in [0.3, 0.4) is 0 Å². The predicted octanol–water partition coefficient (Wildman–Crippen LogP) is 2.47. The summed E-state index contributed by atoms with van der Waals surface area (Å²) < 4.78 is 44.3. The second kappa shape index (κ2) is 6.99. The van der Waals surface area contributed by atoms with E-state index in [2.05, 4.69) is 15.0 Å². The third-order valence-electron chi connectivity index (χ3n) is 4.35. The molecule has 0 bridgehead atoms. The molecule has 3 heterocycles. The van der Waals surface area contributed by atoms with Gasteiger partial charge < -0.3 is 4.42 Å². The molecule has 1 aliphatic rings. The van der Waals surface area contributed by atoms with Crippen LogP contribution in [-0.4, -0.2) is 32.8 Å². The monoisotopic (exact) mass is 356 g/mol. The lowest BCUT2D eigenvalue weighted by molar-refractivity contribution is -0.142.